The van der Waals surface area contributed by atoms with Gasteiger partial charge in [-0.2, -0.15) is 5.26 Å². The van der Waals surface area contributed by atoms with E-state index in [1.807, 2.05) is 6.07 Å². The number of carbonyl (C=O) groups excluding carboxylic acids is 2. The fourth-order valence-electron chi connectivity index (χ4n) is 3.68. The van der Waals surface area contributed by atoms with Gasteiger partial charge in [0.05, 0.1) is 18.2 Å². The van der Waals surface area contributed by atoms with Gasteiger partial charge in [0.25, 0.3) is 0 Å². The van der Waals surface area contributed by atoms with Crippen molar-refractivity contribution >= 4 is 27.9 Å². The highest BCUT2D eigenvalue weighted by Crippen LogP contribution is 2.32. The van der Waals surface area contributed by atoms with E-state index in [2.05, 4.69) is 21.2 Å². The largest absolute Gasteiger partial charge is 0.391 e. The maximum Gasteiger partial charge on any atom is 0.318 e. The Morgan fingerprint density at radius 2 is 2.10 bits per heavy atom. The van der Waals surface area contributed by atoms with E-state index in [4.69, 9.17) is 5.26 Å². The SMILES string of the molecule is N#CCCC(=O)N1C[C@@H](O)C[C@@H](N(C(=O)NCc2ccc(Br)cc2F)C2CC2)C1. The van der Waals surface area contributed by atoms with Gasteiger partial charge >= 0.3 is 6.03 Å². The molecule has 2 N–H and O–H groups in total. The summed E-state index contributed by atoms with van der Waals surface area (Å²) < 4.78 is 14.7. The van der Waals surface area contributed by atoms with Gasteiger partial charge in [0.1, 0.15) is 5.82 Å². The van der Waals surface area contributed by atoms with Crippen LogP contribution in [0.5, 0.6) is 0 Å². The van der Waals surface area contributed by atoms with Crippen LogP contribution in [-0.4, -0.2) is 58.1 Å². The monoisotopic (exact) mass is 466 g/mol. The molecule has 1 aliphatic heterocycles. The fraction of sp³-hybridized carbons (Fsp3) is 0.550. The predicted octanol–water partition coefficient (Wildman–Crippen LogP) is 2.53. The van der Waals surface area contributed by atoms with Crippen LogP contribution in [0.1, 0.15) is 37.7 Å². The zero-order chi connectivity index (χ0) is 21.0. The maximum absolute atomic E-state index is 14.0. The summed E-state index contributed by atoms with van der Waals surface area (Å²) in [6.07, 6.45) is 1.64. The zero-order valence-electron chi connectivity index (χ0n) is 16.0. The molecule has 29 heavy (non-hydrogen) atoms. The summed E-state index contributed by atoms with van der Waals surface area (Å²) in [7, 11) is 0. The fourth-order valence-corrected chi connectivity index (χ4v) is 4.02. The lowest BCUT2D eigenvalue weighted by molar-refractivity contribution is -0.135. The number of carbonyl (C=O) groups is 2. The van der Waals surface area contributed by atoms with Gasteiger partial charge in [-0.1, -0.05) is 22.0 Å². The van der Waals surface area contributed by atoms with Gasteiger partial charge in [0, 0.05) is 48.6 Å². The molecule has 1 heterocycles. The highest BCUT2D eigenvalue weighted by molar-refractivity contribution is 9.10. The molecule has 3 rings (SSSR count). The van der Waals surface area contributed by atoms with Gasteiger partial charge in [-0.05, 0) is 31.4 Å². The summed E-state index contributed by atoms with van der Waals surface area (Å²) in [5, 5.41) is 21.7. The molecule has 3 amide bonds. The molecule has 0 spiro atoms. The second-order valence-corrected chi connectivity index (χ2v) is 8.45. The summed E-state index contributed by atoms with van der Waals surface area (Å²) in [5.41, 5.74) is 0.384. The molecule has 1 saturated heterocycles. The molecule has 2 aliphatic rings. The van der Waals surface area contributed by atoms with E-state index in [-0.39, 0.29) is 50.0 Å². The highest BCUT2D eigenvalue weighted by atomic mass is 79.9. The molecule has 2 fully saturated rings. The summed E-state index contributed by atoms with van der Waals surface area (Å²) in [4.78, 5) is 28.4. The number of rotatable bonds is 6. The van der Waals surface area contributed by atoms with Crippen molar-refractivity contribution in [1.29, 1.82) is 5.26 Å². The Bertz CT molecular complexity index is 811. The van der Waals surface area contributed by atoms with Crippen LogP contribution in [0, 0.1) is 17.1 Å². The van der Waals surface area contributed by atoms with Gasteiger partial charge in [-0.15, -0.1) is 0 Å². The molecule has 156 valence electrons. The third-order valence-corrected chi connectivity index (χ3v) is 5.72. The number of benzene rings is 1. The van der Waals surface area contributed by atoms with Crippen molar-refractivity contribution in [2.45, 2.75) is 56.8 Å². The van der Waals surface area contributed by atoms with Gasteiger partial charge in [-0.25, -0.2) is 9.18 Å². The second-order valence-electron chi connectivity index (χ2n) is 7.53. The van der Waals surface area contributed by atoms with E-state index in [9.17, 15) is 19.1 Å². The average Bonchev–Trinajstić information content (AvgIpc) is 3.50. The van der Waals surface area contributed by atoms with Crippen molar-refractivity contribution in [2.24, 2.45) is 0 Å². The van der Waals surface area contributed by atoms with Gasteiger partial charge < -0.3 is 20.2 Å². The Morgan fingerprint density at radius 1 is 1.34 bits per heavy atom. The van der Waals surface area contributed by atoms with Crippen LogP contribution >= 0.6 is 15.9 Å². The molecule has 1 aromatic carbocycles. The number of hydrogen-bond acceptors (Lipinski definition) is 4. The average molecular weight is 467 g/mol. The Kier molecular flexibility index (Phi) is 7.09. The minimum atomic E-state index is -0.724. The Hall–Kier alpha value is -2.18. The molecular formula is C20H24BrFN4O3. The molecule has 0 unspecified atom stereocenters. The van der Waals surface area contributed by atoms with Crippen molar-refractivity contribution in [3.8, 4) is 6.07 Å². The van der Waals surface area contributed by atoms with Crippen LogP contribution < -0.4 is 5.32 Å². The van der Waals surface area contributed by atoms with Crippen molar-refractivity contribution < 1.29 is 19.1 Å². The van der Waals surface area contributed by atoms with E-state index in [1.54, 1.807) is 17.0 Å². The summed E-state index contributed by atoms with van der Waals surface area (Å²) in [6.45, 7) is 0.601. The molecule has 7 nitrogen and oxygen atoms in total. The molecule has 0 radical (unpaired) electrons. The molecule has 2 atom stereocenters. The number of nitriles is 1. The van der Waals surface area contributed by atoms with Gasteiger partial charge in [0.2, 0.25) is 5.91 Å². The number of aliphatic hydroxyl groups excluding tert-OH is 1. The summed E-state index contributed by atoms with van der Waals surface area (Å²) in [5.74, 6) is -0.594. The van der Waals surface area contributed by atoms with E-state index in [0.29, 0.717) is 23.0 Å². The third kappa shape index (κ3) is 5.67. The summed E-state index contributed by atoms with van der Waals surface area (Å²) >= 11 is 3.21. The van der Waals surface area contributed by atoms with Gasteiger partial charge in [0.15, 0.2) is 0 Å². The molecule has 0 bridgehead atoms. The smallest absolute Gasteiger partial charge is 0.318 e. The van der Waals surface area contributed by atoms with Crippen molar-refractivity contribution in [3.05, 3.63) is 34.1 Å². The standard InChI is InChI=1S/C20H24BrFN4O3/c21-14-4-3-13(18(22)8-14)10-24-20(29)26(15-5-6-15)16-9-17(27)12-25(11-16)19(28)2-1-7-23/h3-4,8,15-17,27H,1-2,5-6,9-12H2,(H,24,29)/t16-,17+/m1/s1. The number of halogens is 2. The molecule has 1 aliphatic carbocycles. The lowest BCUT2D eigenvalue weighted by atomic mass is 10.0. The molecule has 1 aromatic rings. The normalized spacial score (nSPS) is 21.4. The van der Waals surface area contributed by atoms with E-state index in [0.717, 1.165) is 12.8 Å². The lowest BCUT2D eigenvalue weighted by Crippen LogP contribution is -2.58. The topological polar surface area (TPSA) is 96.7 Å². The van der Waals surface area contributed by atoms with E-state index in [1.165, 1.54) is 11.0 Å². The number of hydrogen-bond donors (Lipinski definition) is 2. The lowest BCUT2D eigenvalue weighted by Gasteiger charge is -2.41. The quantitative estimate of drug-likeness (QED) is 0.672. The number of urea groups is 1. The van der Waals surface area contributed by atoms with Crippen molar-refractivity contribution in [3.63, 3.8) is 0 Å². The second kappa shape index (κ2) is 9.55. The first-order chi connectivity index (χ1) is 13.9. The zero-order valence-corrected chi connectivity index (χ0v) is 17.6. The van der Waals surface area contributed by atoms with Gasteiger partial charge in [-0.3, -0.25) is 4.79 Å². The predicted molar refractivity (Wildman–Crippen MR) is 107 cm³/mol. The first kappa shape index (κ1) is 21.5. The molecule has 9 heteroatoms. The van der Waals surface area contributed by atoms with Crippen molar-refractivity contribution in [2.75, 3.05) is 13.1 Å². The Morgan fingerprint density at radius 3 is 2.76 bits per heavy atom. The number of aliphatic hydroxyl groups is 1. The molecule has 0 aromatic heterocycles. The van der Waals surface area contributed by atoms with E-state index >= 15 is 0 Å². The number of amides is 3. The minimum Gasteiger partial charge on any atom is -0.391 e. The highest BCUT2D eigenvalue weighted by Gasteiger charge is 2.41. The third-order valence-electron chi connectivity index (χ3n) is 5.22. The van der Waals surface area contributed by atoms with Crippen LogP contribution in [0.3, 0.4) is 0 Å². The maximum atomic E-state index is 14.0. The van der Waals surface area contributed by atoms with Crippen LogP contribution in [-0.2, 0) is 11.3 Å². The number of nitrogens with zero attached hydrogens (tertiary/aromatic N) is 3. The Balaban J connectivity index is 1.65. The first-order valence-electron chi connectivity index (χ1n) is 9.72. The van der Waals surface area contributed by atoms with Crippen LogP contribution in [0.15, 0.2) is 22.7 Å². The minimum absolute atomic E-state index is 0.0568. The Labute approximate surface area is 177 Å². The number of piperidine rings is 1. The number of likely N-dealkylation sites (tertiary alicyclic amines) is 1. The van der Waals surface area contributed by atoms with Crippen LogP contribution in [0.4, 0.5) is 9.18 Å². The first-order valence-corrected chi connectivity index (χ1v) is 10.5. The van der Waals surface area contributed by atoms with Crippen molar-refractivity contribution in [1.82, 2.24) is 15.1 Å². The number of nitrogens with one attached hydrogen (secondary N) is 1. The molecular weight excluding hydrogens is 443 g/mol. The van der Waals surface area contributed by atoms with E-state index < -0.39 is 11.9 Å². The summed E-state index contributed by atoms with van der Waals surface area (Å²) in [6, 6.07) is 6.06. The number of β-amino-alcohol motifs (C(OH)–C–C–N with tert-alkyl or cyclic N) is 1. The van der Waals surface area contributed by atoms with Crippen LogP contribution in [0.25, 0.3) is 0 Å². The van der Waals surface area contributed by atoms with Crippen LogP contribution in [0.2, 0.25) is 0 Å². The molecule has 1 saturated carbocycles.